The lowest BCUT2D eigenvalue weighted by atomic mass is 9.81. The van der Waals surface area contributed by atoms with Gasteiger partial charge in [-0.05, 0) is 44.7 Å². The molecule has 1 aromatic carbocycles. The summed E-state index contributed by atoms with van der Waals surface area (Å²) in [6.07, 6.45) is 0.950. The Bertz CT molecular complexity index is 942. The molecule has 168 valence electrons. The number of aryl methyl sites for hydroxylation is 2. The summed E-state index contributed by atoms with van der Waals surface area (Å²) in [5.41, 5.74) is 3.23. The molecule has 0 saturated heterocycles. The van der Waals surface area contributed by atoms with Crippen molar-refractivity contribution >= 4 is 11.9 Å². The third kappa shape index (κ3) is 5.75. The van der Waals surface area contributed by atoms with E-state index in [0.717, 1.165) is 16.7 Å². The number of benzene rings is 1. The molecule has 7 heteroatoms. The topological polar surface area (TPSA) is 97.8 Å². The standard InChI is InChI=1S/C24H32N2O5/c1-13(2)20(18-12-14(3)8-9-15(18)4)17(6)31-24(29)16(5)26-23(28)21-22(27)19(30-7)10-11-25-21/h8-13,16-17,20,27H,1-7H3,(H,26,28)/t16-,17-,20+/m0/s1. The Morgan fingerprint density at radius 1 is 1.10 bits per heavy atom. The van der Waals surface area contributed by atoms with Gasteiger partial charge in [-0.25, -0.2) is 9.78 Å². The molecule has 0 aliphatic rings. The number of carbonyl (C=O) groups excluding carboxylic acids is 2. The molecule has 1 aromatic heterocycles. The van der Waals surface area contributed by atoms with Crippen molar-refractivity contribution in [3.05, 3.63) is 52.8 Å². The SMILES string of the molecule is COc1ccnc(C(=O)N[C@@H](C)C(=O)O[C@@H](C)[C@H](c2cc(C)ccc2C)C(C)C)c1O. The second-order valence-corrected chi connectivity index (χ2v) is 8.18. The smallest absolute Gasteiger partial charge is 0.328 e. The Morgan fingerprint density at radius 2 is 1.77 bits per heavy atom. The van der Waals surface area contributed by atoms with Crippen LogP contribution >= 0.6 is 0 Å². The Morgan fingerprint density at radius 3 is 2.39 bits per heavy atom. The highest BCUT2D eigenvalue weighted by atomic mass is 16.5. The number of amides is 1. The molecule has 2 rings (SSSR count). The Hall–Kier alpha value is -3.09. The first kappa shape index (κ1) is 24.2. The van der Waals surface area contributed by atoms with E-state index in [1.807, 2.05) is 13.8 Å². The highest BCUT2D eigenvalue weighted by Crippen LogP contribution is 2.33. The van der Waals surface area contributed by atoms with Gasteiger partial charge in [-0.15, -0.1) is 0 Å². The minimum absolute atomic E-state index is 0.0100. The van der Waals surface area contributed by atoms with Crippen LogP contribution in [0, 0.1) is 19.8 Å². The summed E-state index contributed by atoms with van der Waals surface area (Å²) in [7, 11) is 1.37. The lowest BCUT2D eigenvalue weighted by molar-refractivity contribution is -0.151. The normalized spacial score (nSPS) is 13.9. The molecule has 2 N–H and O–H groups in total. The summed E-state index contributed by atoms with van der Waals surface area (Å²) < 4.78 is 10.7. The molecule has 31 heavy (non-hydrogen) atoms. The molecule has 0 saturated carbocycles. The minimum atomic E-state index is -0.922. The Balaban J connectivity index is 2.12. The quantitative estimate of drug-likeness (QED) is 0.619. The molecule has 0 radical (unpaired) electrons. The van der Waals surface area contributed by atoms with Gasteiger partial charge >= 0.3 is 5.97 Å². The van der Waals surface area contributed by atoms with E-state index >= 15 is 0 Å². The van der Waals surface area contributed by atoms with Crippen molar-refractivity contribution in [3.63, 3.8) is 0 Å². The van der Waals surface area contributed by atoms with Crippen LogP contribution in [0.4, 0.5) is 0 Å². The van der Waals surface area contributed by atoms with Gasteiger partial charge < -0.3 is 19.9 Å². The van der Waals surface area contributed by atoms with Gasteiger partial charge in [0.25, 0.3) is 5.91 Å². The molecule has 0 fully saturated rings. The second-order valence-electron chi connectivity index (χ2n) is 8.18. The summed E-state index contributed by atoms with van der Waals surface area (Å²) in [5.74, 6) is -1.26. The van der Waals surface area contributed by atoms with Crippen LogP contribution in [0.5, 0.6) is 11.5 Å². The number of hydrogen-bond acceptors (Lipinski definition) is 6. The van der Waals surface area contributed by atoms with Crippen LogP contribution in [0.1, 0.15) is 60.8 Å². The highest BCUT2D eigenvalue weighted by molar-refractivity contribution is 5.97. The average Bonchev–Trinajstić information content (AvgIpc) is 2.70. The van der Waals surface area contributed by atoms with Crippen LogP contribution in [-0.2, 0) is 9.53 Å². The van der Waals surface area contributed by atoms with Gasteiger partial charge in [-0.1, -0.05) is 37.6 Å². The lowest BCUT2D eigenvalue weighted by Gasteiger charge is -2.30. The fraction of sp³-hybridized carbons (Fsp3) is 0.458. The maximum Gasteiger partial charge on any atom is 0.328 e. The Kier molecular flexibility index (Phi) is 8.02. The predicted molar refractivity (Wildman–Crippen MR) is 118 cm³/mol. The maximum atomic E-state index is 12.7. The van der Waals surface area contributed by atoms with Crippen LogP contribution < -0.4 is 10.1 Å². The third-order valence-corrected chi connectivity index (χ3v) is 5.34. The molecule has 1 amide bonds. The van der Waals surface area contributed by atoms with E-state index in [1.54, 1.807) is 0 Å². The molecule has 0 aliphatic heterocycles. The number of aromatic hydroxyl groups is 1. The molecule has 0 spiro atoms. The van der Waals surface area contributed by atoms with E-state index in [-0.39, 0.29) is 29.0 Å². The Labute approximate surface area is 183 Å². The number of rotatable bonds is 8. The van der Waals surface area contributed by atoms with Gasteiger partial charge in [-0.3, -0.25) is 4.79 Å². The van der Waals surface area contributed by atoms with Crippen molar-refractivity contribution in [1.29, 1.82) is 0 Å². The first-order valence-corrected chi connectivity index (χ1v) is 10.4. The van der Waals surface area contributed by atoms with Crippen molar-refractivity contribution in [2.75, 3.05) is 7.11 Å². The van der Waals surface area contributed by atoms with E-state index in [0.29, 0.717) is 0 Å². The summed E-state index contributed by atoms with van der Waals surface area (Å²) in [5, 5.41) is 12.6. The number of nitrogens with one attached hydrogen (secondary N) is 1. The molecule has 7 nitrogen and oxygen atoms in total. The lowest BCUT2D eigenvalue weighted by Crippen LogP contribution is -2.42. The average molecular weight is 429 g/mol. The van der Waals surface area contributed by atoms with Crippen LogP contribution in [-0.4, -0.2) is 41.2 Å². The number of nitrogens with zero attached hydrogens (tertiary/aromatic N) is 1. The molecule has 1 heterocycles. The van der Waals surface area contributed by atoms with E-state index in [9.17, 15) is 14.7 Å². The second kappa shape index (κ2) is 10.3. The van der Waals surface area contributed by atoms with E-state index in [2.05, 4.69) is 49.3 Å². The van der Waals surface area contributed by atoms with Crippen LogP contribution in [0.3, 0.4) is 0 Å². The number of esters is 1. The zero-order valence-electron chi connectivity index (χ0n) is 19.2. The van der Waals surface area contributed by atoms with E-state index in [1.165, 1.54) is 26.3 Å². The molecule has 2 aromatic rings. The zero-order chi connectivity index (χ0) is 23.3. The van der Waals surface area contributed by atoms with Crippen molar-refractivity contribution < 1.29 is 24.2 Å². The van der Waals surface area contributed by atoms with Crippen LogP contribution in [0.25, 0.3) is 0 Å². The maximum absolute atomic E-state index is 12.7. The van der Waals surface area contributed by atoms with Crippen molar-refractivity contribution in [3.8, 4) is 11.5 Å². The number of methoxy groups -OCH3 is 1. The summed E-state index contributed by atoms with van der Waals surface area (Å²) in [6.45, 7) is 11.7. The number of hydrogen-bond donors (Lipinski definition) is 2. The van der Waals surface area contributed by atoms with Gasteiger partial charge in [-0.2, -0.15) is 0 Å². The zero-order valence-corrected chi connectivity index (χ0v) is 19.2. The van der Waals surface area contributed by atoms with E-state index < -0.39 is 24.0 Å². The molecular formula is C24H32N2O5. The summed E-state index contributed by atoms with van der Waals surface area (Å²) >= 11 is 0. The molecule has 0 unspecified atom stereocenters. The van der Waals surface area contributed by atoms with Gasteiger partial charge in [0.15, 0.2) is 17.2 Å². The predicted octanol–water partition coefficient (Wildman–Crippen LogP) is 3.90. The number of pyridine rings is 1. The summed E-state index contributed by atoms with van der Waals surface area (Å²) in [4.78, 5) is 29.1. The highest BCUT2D eigenvalue weighted by Gasteiger charge is 2.30. The minimum Gasteiger partial charge on any atom is -0.503 e. The summed E-state index contributed by atoms with van der Waals surface area (Å²) in [6, 6.07) is 6.78. The third-order valence-electron chi connectivity index (χ3n) is 5.34. The van der Waals surface area contributed by atoms with Crippen LogP contribution in [0.15, 0.2) is 30.5 Å². The van der Waals surface area contributed by atoms with Crippen LogP contribution in [0.2, 0.25) is 0 Å². The number of carbonyl (C=O) groups is 2. The molecule has 0 aliphatic carbocycles. The molecular weight excluding hydrogens is 396 g/mol. The van der Waals surface area contributed by atoms with Crippen molar-refractivity contribution in [2.45, 2.75) is 59.6 Å². The van der Waals surface area contributed by atoms with E-state index in [4.69, 9.17) is 9.47 Å². The number of aromatic nitrogens is 1. The van der Waals surface area contributed by atoms with Gasteiger partial charge in [0.05, 0.1) is 7.11 Å². The first-order chi connectivity index (χ1) is 14.6. The van der Waals surface area contributed by atoms with Crippen molar-refractivity contribution in [1.82, 2.24) is 10.3 Å². The largest absolute Gasteiger partial charge is 0.503 e. The number of ether oxygens (including phenoxy) is 2. The van der Waals surface area contributed by atoms with Gasteiger partial charge in [0.2, 0.25) is 0 Å². The van der Waals surface area contributed by atoms with Gasteiger partial charge in [0.1, 0.15) is 12.1 Å². The monoisotopic (exact) mass is 428 g/mol. The molecule has 3 atom stereocenters. The van der Waals surface area contributed by atoms with Crippen molar-refractivity contribution in [2.24, 2.45) is 5.92 Å². The molecule has 0 bridgehead atoms. The fourth-order valence-electron chi connectivity index (χ4n) is 3.72. The van der Waals surface area contributed by atoms with Gasteiger partial charge in [0, 0.05) is 18.2 Å². The fourth-order valence-corrected chi connectivity index (χ4v) is 3.72. The first-order valence-electron chi connectivity index (χ1n) is 10.4.